The van der Waals surface area contributed by atoms with Crippen LogP contribution < -0.4 is 4.74 Å². The van der Waals surface area contributed by atoms with Crippen LogP contribution in [-0.2, 0) is 16.0 Å². The van der Waals surface area contributed by atoms with Gasteiger partial charge in [-0.3, -0.25) is 14.5 Å². The van der Waals surface area contributed by atoms with Gasteiger partial charge in [-0.15, -0.1) is 0 Å². The minimum absolute atomic E-state index is 0.221. The SMILES string of the molecule is CCCCCCCCCCCCCCCCCCOc1ccc(CC2SC(=S)N(CC(=O)O)C2=O)cc1. The average Bonchev–Trinajstić information content (AvgIpc) is 3.13. The van der Waals surface area contributed by atoms with Crippen molar-refractivity contribution < 1.29 is 19.4 Å². The van der Waals surface area contributed by atoms with Crippen LogP contribution in [-0.4, -0.2) is 44.6 Å². The summed E-state index contributed by atoms with van der Waals surface area (Å²) in [6, 6.07) is 7.83. The molecule has 1 aromatic rings. The lowest BCUT2D eigenvalue weighted by Crippen LogP contribution is -2.36. The topological polar surface area (TPSA) is 66.8 Å². The molecule has 208 valence electrons. The summed E-state index contributed by atoms with van der Waals surface area (Å²) < 4.78 is 6.23. The highest BCUT2D eigenvalue weighted by Gasteiger charge is 2.37. The van der Waals surface area contributed by atoms with Gasteiger partial charge in [-0.05, 0) is 30.5 Å². The highest BCUT2D eigenvalue weighted by molar-refractivity contribution is 8.24. The van der Waals surface area contributed by atoms with E-state index in [0.29, 0.717) is 10.7 Å². The molecule has 1 aliphatic heterocycles. The summed E-state index contributed by atoms with van der Waals surface area (Å²) in [7, 11) is 0. The number of hydrogen-bond acceptors (Lipinski definition) is 5. The fourth-order valence-electron chi connectivity index (χ4n) is 4.68. The van der Waals surface area contributed by atoms with Crippen LogP contribution in [0.15, 0.2) is 24.3 Å². The molecule has 1 saturated heterocycles. The van der Waals surface area contributed by atoms with Crippen LogP contribution in [0.25, 0.3) is 0 Å². The molecule has 1 aliphatic rings. The number of carboxylic acid groups (broad SMARTS) is 1. The average molecular weight is 550 g/mol. The number of carboxylic acids is 1. The number of aliphatic carboxylic acids is 1. The Labute approximate surface area is 234 Å². The minimum atomic E-state index is -1.05. The molecule has 2 rings (SSSR count). The Morgan fingerprint density at radius 2 is 1.35 bits per heavy atom. The summed E-state index contributed by atoms with van der Waals surface area (Å²) in [5.74, 6) is -0.429. The fourth-order valence-corrected chi connectivity index (χ4v) is 6.21. The third-order valence-corrected chi connectivity index (χ3v) is 8.49. The summed E-state index contributed by atoms with van der Waals surface area (Å²) in [6.07, 6.45) is 22.3. The number of amides is 1. The van der Waals surface area contributed by atoms with Crippen LogP contribution >= 0.6 is 24.0 Å². The van der Waals surface area contributed by atoms with Gasteiger partial charge < -0.3 is 9.84 Å². The molecule has 1 unspecified atom stereocenters. The van der Waals surface area contributed by atoms with Crippen molar-refractivity contribution in [3.63, 3.8) is 0 Å². The number of hydrogen-bond donors (Lipinski definition) is 1. The van der Waals surface area contributed by atoms with E-state index in [1.165, 1.54) is 113 Å². The standard InChI is InChI=1S/C30H47NO4S2/c1-2-3-4-5-6-7-8-9-10-11-12-13-14-15-16-17-22-35-26-20-18-25(19-21-26)23-27-29(34)31(24-28(32)33)30(36)37-27/h18-21,27H,2-17,22-24H2,1H3,(H,32,33). The predicted octanol–water partition coefficient (Wildman–Crippen LogP) is 8.18. The first-order chi connectivity index (χ1) is 18.0. The van der Waals surface area contributed by atoms with E-state index in [1.807, 2.05) is 24.3 Å². The lowest BCUT2D eigenvalue weighted by atomic mass is 10.0. The third kappa shape index (κ3) is 13.7. The van der Waals surface area contributed by atoms with E-state index in [1.54, 1.807) is 0 Å². The van der Waals surface area contributed by atoms with Gasteiger partial charge in [0.05, 0.1) is 11.9 Å². The molecule has 5 nitrogen and oxygen atoms in total. The molecule has 0 radical (unpaired) electrons. The maximum Gasteiger partial charge on any atom is 0.323 e. The molecule has 0 saturated carbocycles. The lowest BCUT2D eigenvalue weighted by Gasteiger charge is -2.12. The van der Waals surface area contributed by atoms with Crippen LogP contribution in [0.2, 0.25) is 0 Å². The van der Waals surface area contributed by atoms with Gasteiger partial charge in [0.25, 0.3) is 0 Å². The van der Waals surface area contributed by atoms with Gasteiger partial charge in [0.2, 0.25) is 5.91 Å². The Morgan fingerprint density at radius 1 is 0.865 bits per heavy atom. The molecule has 37 heavy (non-hydrogen) atoms. The number of nitrogens with zero attached hydrogens (tertiary/aromatic N) is 1. The summed E-state index contributed by atoms with van der Waals surface area (Å²) in [5.41, 5.74) is 1.01. The number of thiocarbonyl (C=S) groups is 1. The van der Waals surface area contributed by atoms with Crippen LogP contribution in [0.5, 0.6) is 5.75 Å². The maximum absolute atomic E-state index is 12.4. The van der Waals surface area contributed by atoms with Crippen LogP contribution in [0.4, 0.5) is 0 Å². The number of rotatable bonds is 22. The first-order valence-electron chi connectivity index (χ1n) is 14.5. The van der Waals surface area contributed by atoms with Crippen molar-refractivity contribution in [3.05, 3.63) is 29.8 Å². The van der Waals surface area contributed by atoms with Gasteiger partial charge in [-0.25, -0.2) is 0 Å². The number of carbonyl (C=O) groups excluding carboxylic acids is 1. The van der Waals surface area contributed by atoms with Gasteiger partial charge in [0.15, 0.2) is 0 Å². The van der Waals surface area contributed by atoms with E-state index in [0.717, 1.165) is 24.3 Å². The molecular weight excluding hydrogens is 502 g/mol. The van der Waals surface area contributed by atoms with E-state index in [9.17, 15) is 9.59 Å². The molecule has 1 fully saturated rings. The molecule has 0 aromatic heterocycles. The zero-order chi connectivity index (χ0) is 26.7. The van der Waals surface area contributed by atoms with Gasteiger partial charge in [-0.1, -0.05) is 139 Å². The Bertz CT molecular complexity index is 799. The van der Waals surface area contributed by atoms with E-state index < -0.39 is 5.97 Å². The van der Waals surface area contributed by atoms with Crippen molar-refractivity contribution in [1.82, 2.24) is 4.90 Å². The second-order valence-corrected chi connectivity index (χ2v) is 12.0. The number of ether oxygens (including phenoxy) is 1. The summed E-state index contributed by atoms with van der Waals surface area (Å²) in [6.45, 7) is 2.64. The number of unbranched alkanes of at least 4 members (excludes halogenated alkanes) is 15. The second-order valence-electron chi connectivity index (χ2n) is 10.2. The summed E-state index contributed by atoms with van der Waals surface area (Å²) >= 11 is 6.44. The molecule has 0 aliphatic carbocycles. The highest BCUT2D eigenvalue weighted by Crippen LogP contribution is 2.30. The monoisotopic (exact) mass is 549 g/mol. The molecule has 1 N–H and O–H groups in total. The maximum atomic E-state index is 12.4. The van der Waals surface area contributed by atoms with Crippen LogP contribution in [0.1, 0.15) is 115 Å². The first-order valence-corrected chi connectivity index (χ1v) is 15.8. The molecule has 0 spiro atoms. The molecule has 1 aromatic carbocycles. The molecule has 7 heteroatoms. The number of thioether (sulfide) groups is 1. The van der Waals surface area contributed by atoms with E-state index in [-0.39, 0.29) is 17.7 Å². The Hall–Kier alpha value is -1.60. The van der Waals surface area contributed by atoms with Crippen molar-refractivity contribution in [2.24, 2.45) is 0 Å². The largest absolute Gasteiger partial charge is 0.494 e. The molecule has 1 heterocycles. The Balaban J connectivity index is 1.43. The number of carbonyl (C=O) groups is 2. The normalized spacial score (nSPS) is 15.5. The fraction of sp³-hybridized carbons (Fsp3) is 0.700. The Morgan fingerprint density at radius 3 is 1.84 bits per heavy atom. The second kappa shape index (κ2) is 19.5. The lowest BCUT2D eigenvalue weighted by molar-refractivity contribution is -0.141. The summed E-state index contributed by atoms with van der Waals surface area (Å²) in [4.78, 5) is 24.6. The van der Waals surface area contributed by atoms with E-state index >= 15 is 0 Å². The van der Waals surface area contributed by atoms with Crippen LogP contribution in [0.3, 0.4) is 0 Å². The van der Waals surface area contributed by atoms with Gasteiger partial charge in [0.1, 0.15) is 16.6 Å². The zero-order valence-corrected chi connectivity index (χ0v) is 24.4. The smallest absolute Gasteiger partial charge is 0.323 e. The summed E-state index contributed by atoms with van der Waals surface area (Å²) in [5, 5.41) is 8.60. The van der Waals surface area contributed by atoms with E-state index in [2.05, 4.69) is 6.92 Å². The quantitative estimate of drug-likeness (QED) is 0.116. The minimum Gasteiger partial charge on any atom is -0.494 e. The van der Waals surface area contributed by atoms with Gasteiger partial charge >= 0.3 is 5.97 Å². The predicted molar refractivity (Wildman–Crippen MR) is 159 cm³/mol. The van der Waals surface area contributed by atoms with Crippen molar-refractivity contribution in [2.75, 3.05) is 13.2 Å². The van der Waals surface area contributed by atoms with Crippen molar-refractivity contribution in [1.29, 1.82) is 0 Å². The number of benzene rings is 1. The third-order valence-electron chi connectivity index (χ3n) is 6.91. The van der Waals surface area contributed by atoms with Crippen LogP contribution in [0, 0.1) is 0 Å². The zero-order valence-electron chi connectivity index (χ0n) is 22.8. The Kier molecular flexibility index (Phi) is 16.6. The molecular formula is C30H47NO4S2. The molecule has 0 bridgehead atoms. The van der Waals surface area contributed by atoms with E-state index in [4.69, 9.17) is 22.1 Å². The molecule has 1 amide bonds. The van der Waals surface area contributed by atoms with Gasteiger partial charge in [0, 0.05) is 0 Å². The molecule has 1 atom stereocenters. The van der Waals surface area contributed by atoms with Crippen molar-refractivity contribution in [2.45, 2.75) is 121 Å². The first kappa shape index (κ1) is 31.6. The highest BCUT2D eigenvalue weighted by atomic mass is 32.2. The van der Waals surface area contributed by atoms with Gasteiger partial charge in [-0.2, -0.15) is 0 Å². The van der Waals surface area contributed by atoms with Crippen molar-refractivity contribution in [3.8, 4) is 5.75 Å². The van der Waals surface area contributed by atoms with Crippen molar-refractivity contribution >= 4 is 40.2 Å².